The maximum Gasteiger partial charge on any atom is 0.508 e. The molecule has 0 unspecified atom stereocenters. The summed E-state index contributed by atoms with van der Waals surface area (Å²) >= 11 is 0. The topological polar surface area (TPSA) is 124 Å². The maximum absolute atomic E-state index is 12.0. The number of nitrogens with two attached hydrogens (primary N) is 1. The molecule has 3 fully saturated rings. The Hall–Kier alpha value is -2.94. The number of hydrogen-bond donors (Lipinski definition) is 1. The minimum absolute atomic E-state index is 0.318. The maximum atomic E-state index is 12.0. The number of ether oxygens (including phenoxy) is 5. The van der Waals surface area contributed by atoms with Gasteiger partial charge in [0, 0.05) is 0 Å². The third kappa shape index (κ3) is 3.46. The van der Waals surface area contributed by atoms with Crippen LogP contribution in [0.1, 0.15) is 38.5 Å². The fraction of sp³-hybridized carbons (Fsp3) is 0.600. The summed E-state index contributed by atoms with van der Waals surface area (Å²) in [5, 5.41) is 4.26. The van der Waals surface area contributed by atoms with Crippen molar-refractivity contribution in [2.75, 3.05) is 18.9 Å². The molecule has 0 amide bonds. The molecule has 0 bridgehead atoms. The second-order valence-corrected chi connectivity index (χ2v) is 8.51. The summed E-state index contributed by atoms with van der Waals surface area (Å²) in [6.45, 7) is 11.3. The Kier molecular flexibility index (Phi) is 4.55. The van der Waals surface area contributed by atoms with E-state index >= 15 is 0 Å². The van der Waals surface area contributed by atoms with Crippen molar-refractivity contribution in [2.45, 2.75) is 56.5 Å². The van der Waals surface area contributed by atoms with Gasteiger partial charge in [0.2, 0.25) is 6.61 Å². The molecule has 2 aliphatic heterocycles. The van der Waals surface area contributed by atoms with E-state index in [1.54, 1.807) is 30.5 Å². The Morgan fingerprint density at radius 1 is 1.32 bits per heavy atom. The molecule has 2 N–H and O–H groups in total. The van der Waals surface area contributed by atoms with Crippen molar-refractivity contribution in [3.8, 4) is 0 Å². The van der Waals surface area contributed by atoms with Crippen LogP contribution in [0.15, 0.2) is 18.5 Å². The fourth-order valence-electron chi connectivity index (χ4n) is 4.04. The standard InChI is InChI=1S/C20H23N5O6/c1-19(2)29-15-14(12-6-7-13-17(21)23-10-24-25(12)13)30-20(22-3,16(15)31-19)9-28-18(26)27-8-11-4-5-11/h6-7,10-11,14-16H,4-5,8-9H2,1-2H3,(H2,21,23,24)/t14-,15-,16-,20+/m0/s1. The quantitative estimate of drug-likeness (QED) is 0.562. The summed E-state index contributed by atoms with van der Waals surface area (Å²) in [6.07, 6.45) is 0.500. The van der Waals surface area contributed by atoms with Gasteiger partial charge in [-0.1, -0.05) is 0 Å². The molecule has 11 nitrogen and oxygen atoms in total. The average molecular weight is 429 g/mol. The summed E-state index contributed by atoms with van der Waals surface area (Å²) in [4.78, 5) is 19.7. The molecule has 4 heterocycles. The van der Waals surface area contributed by atoms with Gasteiger partial charge in [-0.15, -0.1) is 0 Å². The summed E-state index contributed by atoms with van der Waals surface area (Å²) in [5.74, 6) is -0.220. The van der Waals surface area contributed by atoms with E-state index in [1.165, 1.54) is 6.33 Å². The van der Waals surface area contributed by atoms with E-state index in [0.717, 1.165) is 12.8 Å². The molecule has 11 heteroatoms. The summed E-state index contributed by atoms with van der Waals surface area (Å²) in [5.41, 5.74) is 5.59. The minimum Gasteiger partial charge on any atom is -0.434 e. The summed E-state index contributed by atoms with van der Waals surface area (Å²) in [6, 6.07) is 3.56. The van der Waals surface area contributed by atoms with E-state index in [0.29, 0.717) is 29.6 Å². The Morgan fingerprint density at radius 3 is 2.87 bits per heavy atom. The molecular formula is C20H23N5O6. The van der Waals surface area contributed by atoms with Gasteiger partial charge in [0.15, 0.2) is 17.7 Å². The number of rotatable bonds is 5. The Labute approximate surface area is 178 Å². The third-order valence-corrected chi connectivity index (χ3v) is 5.73. The lowest BCUT2D eigenvalue weighted by Crippen LogP contribution is -2.45. The highest BCUT2D eigenvalue weighted by molar-refractivity contribution is 5.65. The first-order valence-corrected chi connectivity index (χ1v) is 10.1. The predicted octanol–water partition coefficient (Wildman–Crippen LogP) is 2.08. The summed E-state index contributed by atoms with van der Waals surface area (Å²) < 4.78 is 30.3. The second-order valence-electron chi connectivity index (χ2n) is 8.51. The van der Waals surface area contributed by atoms with E-state index in [2.05, 4.69) is 14.9 Å². The predicted molar refractivity (Wildman–Crippen MR) is 104 cm³/mol. The zero-order valence-corrected chi connectivity index (χ0v) is 17.2. The lowest BCUT2D eigenvalue weighted by Gasteiger charge is -2.25. The minimum atomic E-state index is -1.59. The van der Waals surface area contributed by atoms with Crippen molar-refractivity contribution in [1.29, 1.82) is 0 Å². The largest absolute Gasteiger partial charge is 0.508 e. The monoisotopic (exact) mass is 429 g/mol. The molecule has 1 saturated carbocycles. The average Bonchev–Trinajstić information content (AvgIpc) is 3.28. The lowest BCUT2D eigenvalue weighted by molar-refractivity contribution is -0.208. The van der Waals surface area contributed by atoms with Crippen LogP contribution in [-0.4, -0.2) is 57.7 Å². The highest BCUT2D eigenvalue weighted by Crippen LogP contribution is 2.50. The summed E-state index contributed by atoms with van der Waals surface area (Å²) in [7, 11) is 0. The van der Waals surface area contributed by atoms with Crippen molar-refractivity contribution < 1.29 is 28.5 Å². The molecule has 0 aromatic carbocycles. The fourth-order valence-corrected chi connectivity index (χ4v) is 4.04. The molecule has 1 aliphatic carbocycles. The molecule has 5 rings (SSSR count). The molecule has 2 aromatic rings. The molecule has 2 aromatic heterocycles. The van der Waals surface area contributed by atoms with Gasteiger partial charge in [0.05, 0.1) is 12.3 Å². The number of nitrogens with zero attached hydrogens (tertiary/aromatic N) is 4. The number of anilines is 1. The van der Waals surface area contributed by atoms with E-state index < -0.39 is 36.0 Å². The number of carbonyl (C=O) groups is 1. The van der Waals surface area contributed by atoms with E-state index in [4.69, 9.17) is 36.0 Å². The van der Waals surface area contributed by atoms with Crippen molar-refractivity contribution in [2.24, 2.45) is 5.92 Å². The highest BCUT2D eigenvalue weighted by atomic mass is 16.8. The van der Waals surface area contributed by atoms with Crippen LogP contribution in [0.5, 0.6) is 0 Å². The Balaban J connectivity index is 1.43. The molecule has 2 saturated heterocycles. The highest BCUT2D eigenvalue weighted by Gasteiger charge is 2.69. The number of carbonyl (C=O) groups excluding carboxylic acids is 1. The van der Waals surface area contributed by atoms with E-state index in [-0.39, 0.29) is 6.61 Å². The molecule has 164 valence electrons. The van der Waals surface area contributed by atoms with Crippen LogP contribution in [-0.2, 0) is 23.7 Å². The molecule has 4 atom stereocenters. The number of nitrogen functional groups attached to an aromatic ring is 1. The normalized spacial score (nSPS) is 31.3. The number of hydrogen-bond acceptors (Lipinski definition) is 9. The van der Waals surface area contributed by atoms with Gasteiger partial charge >= 0.3 is 11.9 Å². The Morgan fingerprint density at radius 2 is 2.13 bits per heavy atom. The van der Waals surface area contributed by atoms with Crippen molar-refractivity contribution in [3.63, 3.8) is 0 Å². The first kappa shape index (κ1) is 20.0. The van der Waals surface area contributed by atoms with Gasteiger partial charge in [-0.05, 0) is 44.7 Å². The zero-order valence-electron chi connectivity index (χ0n) is 17.2. The van der Waals surface area contributed by atoms with Crippen molar-refractivity contribution >= 4 is 17.5 Å². The van der Waals surface area contributed by atoms with Crippen LogP contribution in [0.25, 0.3) is 10.4 Å². The molecule has 0 radical (unpaired) electrons. The van der Waals surface area contributed by atoms with Crippen LogP contribution in [0, 0.1) is 12.5 Å². The first-order valence-electron chi connectivity index (χ1n) is 10.1. The molecular weight excluding hydrogens is 406 g/mol. The van der Waals surface area contributed by atoms with Crippen LogP contribution < -0.4 is 5.73 Å². The number of aromatic nitrogens is 3. The van der Waals surface area contributed by atoms with Gasteiger partial charge in [-0.3, -0.25) is 9.58 Å². The third-order valence-electron chi connectivity index (χ3n) is 5.73. The van der Waals surface area contributed by atoms with E-state index in [1.807, 2.05) is 0 Å². The second kappa shape index (κ2) is 7.05. The zero-order chi connectivity index (χ0) is 21.8. The SMILES string of the molecule is [C-]#[N+][C@]1(COC(=O)OCC2CC2)O[C@@H](c2ccc3c(N)ncnn23)[C@@H]2OC(C)(C)O[C@@H]21. The van der Waals surface area contributed by atoms with Crippen molar-refractivity contribution in [1.82, 2.24) is 14.6 Å². The van der Waals surface area contributed by atoms with E-state index in [9.17, 15) is 4.79 Å². The van der Waals surface area contributed by atoms with Crippen LogP contribution in [0.3, 0.4) is 0 Å². The van der Waals surface area contributed by atoms with Crippen LogP contribution >= 0.6 is 0 Å². The number of fused-ring (bicyclic) bond motifs is 2. The molecule has 3 aliphatic rings. The van der Waals surface area contributed by atoms with Gasteiger partial charge in [-0.25, -0.2) is 20.9 Å². The van der Waals surface area contributed by atoms with Crippen molar-refractivity contribution in [3.05, 3.63) is 35.6 Å². The lowest BCUT2D eigenvalue weighted by atomic mass is 10.0. The smallest absolute Gasteiger partial charge is 0.434 e. The Bertz CT molecular complexity index is 1060. The van der Waals surface area contributed by atoms with Gasteiger partial charge in [0.1, 0.15) is 24.1 Å². The van der Waals surface area contributed by atoms with Crippen LogP contribution in [0.2, 0.25) is 0 Å². The van der Waals surface area contributed by atoms with Gasteiger partial charge < -0.3 is 24.7 Å². The van der Waals surface area contributed by atoms with Crippen LogP contribution in [0.4, 0.5) is 10.6 Å². The molecule has 0 spiro atoms. The molecule has 31 heavy (non-hydrogen) atoms. The first-order chi connectivity index (χ1) is 14.8. The van der Waals surface area contributed by atoms with Gasteiger partial charge in [0.25, 0.3) is 0 Å². The van der Waals surface area contributed by atoms with Gasteiger partial charge in [-0.2, -0.15) is 5.10 Å².